The minimum absolute atomic E-state index is 0.0990. The molecule has 2 aliphatic rings. The molecule has 0 amide bonds. The number of rotatable bonds is 4. The van der Waals surface area contributed by atoms with Crippen LogP contribution in [0.5, 0.6) is 0 Å². The van der Waals surface area contributed by atoms with E-state index in [9.17, 15) is 0 Å². The van der Waals surface area contributed by atoms with Gasteiger partial charge in [-0.15, -0.1) is 0 Å². The van der Waals surface area contributed by atoms with Crippen molar-refractivity contribution in [2.45, 2.75) is 31.4 Å². The van der Waals surface area contributed by atoms with E-state index in [4.69, 9.17) is 4.74 Å². The van der Waals surface area contributed by atoms with Gasteiger partial charge in [-0.1, -0.05) is 0 Å². The molecular formula is C11H22N2OS. The third kappa shape index (κ3) is 3.63. The summed E-state index contributed by atoms with van der Waals surface area (Å²) < 4.78 is 5.74. The Morgan fingerprint density at radius 1 is 1.60 bits per heavy atom. The summed E-state index contributed by atoms with van der Waals surface area (Å²) in [5, 5.41) is 7.07. The Bertz CT molecular complexity index is 189. The molecule has 0 spiro atoms. The zero-order chi connectivity index (χ0) is 10.6. The fourth-order valence-electron chi connectivity index (χ4n) is 2.24. The summed E-state index contributed by atoms with van der Waals surface area (Å²) in [6.45, 7) is 6.39. The number of hydrogen-bond acceptors (Lipinski definition) is 4. The molecule has 0 radical (unpaired) electrons. The van der Waals surface area contributed by atoms with E-state index in [1.807, 2.05) is 0 Å². The average Bonchev–Trinajstić information content (AvgIpc) is 2.67. The number of thioether (sulfide) groups is 1. The van der Waals surface area contributed by atoms with Crippen LogP contribution in [0.2, 0.25) is 0 Å². The van der Waals surface area contributed by atoms with Crippen molar-refractivity contribution in [3.63, 3.8) is 0 Å². The van der Waals surface area contributed by atoms with Crippen molar-refractivity contribution in [3.8, 4) is 0 Å². The first-order chi connectivity index (χ1) is 7.29. The standard InChI is InChI=1S/C11H22N2OS/c1-11(3-2-5-14-11)9-12-7-10-8-15-6-4-13-10/h10,12-13H,2-9H2,1H3. The first-order valence-corrected chi connectivity index (χ1v) is 7.10. The third-order valence-corrected chi connectivity index (χ3v) is 4.32. The summed E-state index contributed by atoms with van der Waals surface area (Å²) in [5.74, 6) is 2.50. The molecule has 0 bridgehead atoms. The van der Waals surface area contributed by atoms with Crippen molar-refractivity contribution in [3.05, 3.63) is 0 Å². The largest absolute Gasteiger partial charge is 0.374 e. The van der Waals surface area contributed by atoms with Crippen LogP contribution in [0.3, 0.4) is 0 Å². The van der Waals surface area contributed by atoms with Gasteiger partial charge in [0, 0.05) is 43.8 Å². The monoisotopic (exact) mass is 230 g/mol. The van der Waals surface area contributed by atoms with Crippen molar-refractivity contribution in [1.82, 2.24) is 10.6 Å². The van der Waals surface area contributed by atoms with E-state index < -0.39 is 0 Å². The molecule has 2 unspecified atom stereocenters. The van der Waals surface area contributed by atoms with Crippen LogP contribution in [-0.4, -0.2) is 49.4 Å². The maximum atomic E-state index is 5.74. The first kappa shape index (κ1) is 11.7. The molecule has 0 saturated carbocycles. The van der Waals surface area contributed by atoms with Gasteiger partial charge in [0.2, 0.25) is 0 Å². The lowest BCUT2D eigenvalue weighted by atomic mass is 10.0. The Morgan fingerprint density at radius 3 is 3.20 bits per heavy atom. The number of ether oxygens (including phenoxy) is 1. The Labute approximate surface area is 96.7 Å². The van der Waals surface area contributed by atoms with Crippen molar-refractivity contribution >= 4 is 11.8 Å². The van der Waals surface area contributed by atoms with Crippen LogP contribution in [0.1, 0.15) is 19.8 Å². The van der Waals surface area contributed by atoms with Gasteiger partial charge in [0.1, 0.15) is 0 Å². The Hall–Kier alpha value is 0.230. The molecule has 4 heteroatoms. The summed E-state index contributed by atoms with van der Waals surface area (Å²) >= 11 is 2.05. The Balaban J connectivity index is 1.61. The smallest absolute Gasteiger partial charge is 0.0779 e. The molecule has 2 aliphatic heterocycles. The van der Waals surface area contributed by atoms with Gasteiger partial charge in [-0.05, 0) is 19.8 Å². The van der Waals surface area contributed by atoms with Crippen molar-refractivity contribution < 1.29 is 4.74 Å². The van der Waals surface area contributed by atoms with Gasteiger partial charge in [0.25, 0.3) is 0 Å². The van der Waals surface area contributed by atoms with Gasteiger partial charge < -0.3 is 15.4 Å². The van der Waals surface area contributed by atoms with Crippen LogP contribution in [0.4, 0.5) is 0 Å². The van der Waals surface area contributed by atoms with E-state index in [0.717, 1.165) is 26.2 Å². The minimum atomic E-state index is 0.0990. The lowest BCUT2D eigenvalue weighted by Gasteiger charge is -2.27. The molecule has 2 N–H and O–H groups in total. The summed E-state index contributed by atoms with van der Waals surface area (Å²) in [6.07, 6.45) is 2.42. The lowest BCUT2D eigenvalue weighted by molar-refractivity contribution is 0.0207. The van der Waals surface area contributed by atoms with Crippen LogP contribution in [-0.2, 0) is 4.74 Å². The molecule has 0 aromatic rings. The van der Waals surface area contributed by atoms with Crippen molar-refractivity contribution in [2.75, 3.05) is 37.7 Å². The highest BCUT2D eigenvalue weighted by Crippen LogP contribution is 2.23. The second kappa shape index (κ2) is 5.53. The van der Waals surface area contributed by atoms with Crippen LogP contribution < -0.4 is 10.6 Å². The lowest BCUT2D eigenvalue weighted by Crippen LogP contribution is -2.47. The van der Waals surface area contributed by atoms with Gasteiger partial charge in [0.05, 0.1) is 5.60 Å². The second-order valence-corrected chi connectivity index (χ2v) is 5.91. The molecule has 2 atom stereocenters. The molecule has 15 heavy (non-hydrogen) atoms. The van der Waals surface area contributed by atoms with Crippen LogP contribution in [0, 0.1) is 0 Å². The van der Waals surface area contributed by atoms with E-state index in [-0.39, 0.29) is 5.60 Å². The third-order valence-electron chi connectivity index (χ3n) is 3.19. The van der Waals surface area contributed by atoms with E-state index in [2.05, 4.69) is 29.3 Å². The maximum absolute atomic E-state index is 5.74. The zero-order valence-electron chi connectivity index (χ0n) is 9.55. The molecule has 2 fully saturated rings. The minimum Gasteiger partial charge on any atom is -0.374 e. The summed E-state index contributed by atoms with van der Waals surface area (Å²) in [5.41, 5.74) is 0.0990. The topological polar surface area (TPSA) is 33.3 Å². The second-order valence-electron chi connectivity index (χ2n) is 4.76. The molecule has 2 rings (SSSR count). The van der Waals surface area contributed by atoms with E-state index in [0.29, 0.717) is 6.04 Å². The molecule has 0 aromatic carbocycles. The predicted octanol–water partition coefficient (Wildman–Crippen LogP) is 0.850. The van der Waals surface area contributed by atoms with Crippen LogP contribution in [0.15, 0.2) is 0 Å². The highest BCUT2D eigenvalue weighted by Gasteiger charge is 2.29. The Morgan fingerprint density at radius 2 is 2.53 bits per heavy atom. The highest BCUT2D eigenvalue weighted by molar-refractivity contribution is 7.99. The first-order valence-electron chi connectivity index (χ1n) is 5.94. The van der Waals surface area contributed by atoms with Gasteiger partial charge in [-0.3, -0.25) is 0 Å². The normalized spacial score (nSPS) is 37.0. The van der Waals surface area contributed by atoms with Crippen molar-refractivity contribution in [2.24, 2.45) is 0 Å². The van der Waals surface area contributed by atoms with Gasteiger partial charge in [-0.2, -0.15) is 11.8 Å². The molecule has 3 nitrogen and oxygen atoms in total. The molecule has 0 aliphatic carbocycles. The summed E-state index contributed by atoms with van der Waals surface area (Å²) in [7, 11) is 0. The SMILES string of the molecule is CC1(CNCC2CSCCN2)CCCO1. The van der Waals surface area contributed by atoms with E-state index >= 15 is 0 Å². The maximum Gasteiger partial charge on any atom is 0.0779 e. The van der Waals surface area contributed by atoms with Gasteiger partial charge >= 0.3 is 0 Å². The van der Waals surface area contributed by atoms with Crippen LogP contribution >= 0.6 is 11.8 Å². The van der Waals surface area contributed by atoms with Gasteiger partial charge in [0.15, 0.2) is 0 Å². The van der Waals surface area contributed by atoms with E-state index in [1.165, 1.54) is 24.3 Å². The molecule has 2 heterocycles. The summed E-state index contributed by atoms with van der Waals surface area (Å²) in [6, 6.07) is 0.647. The quantitative estimate of drug-likeness (QED) is 0.750. The van der Waals surface area contributed by atoms with E-state index in [1.54, 1.807) is 0 Å². The average molecular weight is 230 g/mol. The zero-order valence-corrected chi connectivity index (χ0v) is 10.4. The summed E-state index contributed by atoms with van der Waals surface area (Å²) in [4.78, 5) is 0. The number of hydrogen-bond donors (Lipinski definition) is 2. The predicted molar refractivity (Wildman–Crippen MR) is 65.6 cm³/mol. The highest BCUT2D eigenvalue weighted by atomic mass is 32.2. The fourth-order valence-corrected chi connectivity index (χ4v) is 3.19. The number of nitrogens with one attached hydrogen (secondary N) is 2. The fraction of sp³-hybridized carbons (Fsp3) is 1.00. The molecule has 2 saturated heterocycles. The molecule has 0 aromatic heterocycles. The molecule has 88 valence electrons. The van der Waals surface area contributed by atoms with Crippen LogP contribution in [0.25, 0.3) is 0 Å². The molecular weight excluding hydrogens is 208 g/mol. The van der Waals surface area contributed by atoms with Crippen molar-refractivity contribution in [1.29, 1.82) is 0 Å². The Kier molecular flexibility index (Phi) is 4.31. The van der Waals surface area contributed by atoms with Gasteiger partial charge in [-0.25, -0.2) is 0 Å².